The van der Waals surface area contributed by atoms with Crippen LogP contribution in [0.4, 0.5) is 37.7 Å². The molecule has 0 saturated carbocycles. The predicted molar refractivity (Wildman–Crippen MR) is 235 cm³/mol. The molecule has 352 valence electrons. The molecule has 0 aromatic heterocycles. The molecule has 6 N–H and O–H groups in total. The zero-order valence-electron chi connectivity index (χ0n) is 35.4. The third-order valence-electron chi connectivity index (χ3n) is 9.74. The minimum atomic E-state index is -4.28. The molecule has 0 saturated heterocycles. The molecule has 18 heteroatoms. The second-order valence-electron chi connectivity index (χ2n) is 15.0. The largest absolute Gasteiger partial charge is 0.494 e. The van der Waals surface area contributed by atoms with E-state index >= 15 is 0 Å². The van der Waals surface area contributed by atoms with Crippen molar-refractivity contribution in [3.63, 3.8) is 0 Å². The molecule has 0 bridgehead atoms. The first-order valence-corrected chi connectivity index (χ1v) is 20.4. The first kappa shape index (κ1) is 50.6. The number of carbonyl (C=O) groups is 4. The maximum Gasteiger partial charge on any atom is 0.389 e. The van der Waals surface area contributed by atoms with Crippen molar-refractivity contribution in [2.75, 3.05) is 24.7 Å². The molecule has 0 amide bonds. The number of alkyl halides is 6. The maximum atomic E-state index is 13.4. The van der Waals surface area contributed by atoms with Gasteiger partial charge < -0.3 is 40.6 Å². The van der Waals surface area contributed by atoms with Crippen LogP contribution >= 0.6 is 0 Å². The summed E-state index contributed by atoms with van der Waals surface area (Å²) in [6, 6.07) is 27.2. The van der Waals surface area contributed by atoms with Crippen LogP contribution in [-0.2, 0) is 9.59 Å². The molecule has 5 rings (SSSR count). The van der Waals surface area contributed by atoms with Crippen LogP contribution in [0, 0.1) is 0 Å². The van der Waals surface area contributed by atoms with E-state index in [0.717, 1.165) is 12.2 Å². The summed E-state index contributed by atoms with van der Waals surface area (Å²) in [6.45, 7) is -0.306. The number of halogens is 6. The molecule has 0 aliphatic carbocycles. The van der Waals surface area contributed by atoms with E-state index < -0.39 is 66.8 Å². The number of nitrogen functional groups attached to an aromatic ring is 2. The minimum Gasteiger partial charge on any atom is -0.494 e. The topological polar surface area (TPSA) is 198 Å². The Kier molecular flexibility index (Phi) is 17.1. The average molecular weight is 935 g/mol. The molecule has 0 aliphatic heterocycles. The number of nitrogens with two attached hydrogens (primary N) is 2. The number of hydrogen-bond donors (Lipinski definition) is 4. The van der Waals surface area contributed by atoms with Crippen LogP contribution in [0.3, 0.4) is 0 Å². The molecule has 5 aromatic rings. The minimum absolute atomic E-state index is 0.00502. The van der Waals surface area contributed by atoms with Gasteiger partial charge in [0.2, 0.25) is 11.6 Å². The molecule has 1 atom stereocenters. The fourth-order valence-electron chi connectivity index (χ4n) is 6.23. The summed E-state index contributed by atoms with van der Waals surface area (Å²) >= 11 is 0. The zero-order valence-corrected chi connectivity index (χ0v) is 35.4. The lowest BCUT2D eigenvalue weighted by atomic mass is 9.82. The number of esters is 2. The third-order valence-corrected chi connectivity index (χ3v) is 9.74. The van der Waals surface area contributed by atoms with E-state index in [1.807, 2.05) is 0 Å². The standard InChI is InChI=1S/C49H44F6N2O10/c50-47(51,52)25-1-27-64-37-19-9-33(10-20-37)45(60)66-39-15-4-31(5-16-39)3-14-36(58)30-42(41-23-13-35(56)29-43(41)57)49(62,63)44(59)24-8-32-6-17-40(18-7-32)67-46(61)34-11-21-38(22-12-34)65-28-2-26-48(53,54)55/h3-24,29,42,62-63H,1-2,25-28,30,56-57H2. The number of ketones is 2. The Morgan fingerprint density at radius 1 is 0.567 bits per heavy atom. The monoisotopic (exact) mass is 934 g/mol. The van der Waals surface area contributed by atoms with Crippen LogP contribution in [0.5, 0.6) is 23.0 Å². The van der Waals surface area contributed by atoms with Crippen LogP contribution in [-0.4, -0.2) is 65.1 Å². The Labute approximate surface area is 380 Å². The Hall–Kier alpha value is -7.44. The van der Waals surface area contributed by atoms with Crippen LogP contribution in [0.2, 0.25) is 0 Å². The van der Waals surface area contributed by atoms with Crippen molar-refractivity contribution in [1.82, 2.24) is 0 Å². The van der Waals surface area contributed by atoms with Gasteiger partial charge in [0.25, 0.3) is 0 Å². The van der Waals surface area contributed by atoms with E-state index in [2.05, 4.69) is 0 Å². The highest BCUT2D eigenvalue weighted by molar-refractivity contribution is 6.01. The molecule has 0 heterocycles. The Bertz CT molecular complexity index is 2540. The summed E-state index contributed by atoms with van der Waals surface area (Å²) in [5, 5.41) is 22.6. The van der Waals surface area contributed by atoms with Gasteiger partial charge in [0.05, 0.1) is 30.3 Å². The molecule has 0 aliphatic rings. The Morgan fingerprint density at radius 3 is 1.40 bits per heavy atom. The molecule has 12 nitrogen and oxygen atoms in total. The van der Waals surface area contributed by atoms with Crippen molar-refractivity contribution in [2.24, 2.45) is 0 Å². The van der Waals surface area contributed by atoms with E-state index in [4.69, 9.17) is 30.4 Å². The SMILES string of the molecule is Nc1ccc(C(CC(=O)C=Cc2ccc(OC(=O)c3ccc(OCCCC(F)(F)F)cc3)cc2)C(O)(O)C(=O)C=Cc2ccc(OC(=O)c3ccc(OCCCC(F)(F)F)cc3)cc2)c(N)c1. The second-order valence-corrected chi connectivity index (χ2v) is 15.0. The summed E-state index contributed by atoms with van der Waals surface area (Å²) in [6.07, 6.45) is -6.79. The molecular formula is C49H44F6N2O10. The van der Waals surface area contributed by atoms with Gasteiger partial charge in [-0.1, -0.05) is 42.5 Å². The number of allylic oxidation sites excluding steroid dienone is 1. The smallest absolute Gasteiger partial charge is 0.389 e. The highest BCUT2D eigenvalue weighted by Gasteiger charge is 2.43. The lowest BCUT2D eigenvalue weighted by Gasteiger charge is -2.30. The first-order valence-electron chi connectivity index (χ1n) is 20.4. The van der Waals surface area contributed by atoms with Gasteiger partial charge in [-0.2, -0.15) is 26.3 Å². The van der Waals surface area contributed by atoms with Crippen molar-refractivity contribution in [2.45, 2.75) is 56.2 Å². The van der Waals surface area contributed by atoms with Crippen molar-refractivity contribution >= 4 is 47.0 Å². The van der Waals surface area contributed by atoms with Crippen molar-refractivity contribution < 1.29 is 74.7 Å². The lowest BCUT2D eigenvalue weighted by molar-refractivity contribution is -0.187. The molecule has 1 unspecified atom stereocenters. The van der Waals surface area contributed by atoms with E-state index in [-0.39, 0.29) is 77.1 Å². The molecule has 0 fully saturated rings. The number of ether oxygens (including phenoxy) is 4. The van der Waals surface area contributed by atoms with Gasteiger partial charge in [0.15, 0.2) is 5.78 Å². The Balaban J connectivity index is 1.17. The summed E-state index contributed by atoms with van der Waals surface area (Å²) in [4.78, 5) is 52.1. The molecule has 5 aromatic carbocycles. The molecule has 0 spiro atoms. The molecule has 67 heavy (non-hydrogen) atoms. The molecular weight excluding hydrogens is 891 g/mol. The second kappa shape index (κ2) is 22.6. The van der Waals surface area contributed by atoms with Gasteiger partial charge in [-0.3, -0.25) is 9.59 Å². The van der Waals surface area contributed by atoms with E-state index in [1.54, 1.807) is 12.1 Å². The number of benzene rings is 5. The van der Waals surface area contributed by atoms with Gasteiger partial charge in [0.1, 0.15) is 23.0 Å². The number of anilines is 2. The van der Waals surface area contributed by atoms with E-state index in [0.29, 0.717) is 11.1 Å². The van der Waals surface area contributed by atoms with E-state index in [9.17, 15) is 55.7 Å². The fourth-order valence-corrected chi connectivity index (χ4v) is 6.23. The van der Waals surface area contributed by atoms with Gasteiger partial charge >= 0.3 is 24.3 Å². The Morgan fingerprint density at radius 2 is 0.985 bits per heavy atom. The van der Waals surface area contributed by atoms with Crippen LogP contribution in [0.15, 0.2) is 127 Å². The van der Waals surface area contributed by atoms with Crippen LogP contribution < -0.4 is 30.4 Å². The van der Waals surface area contributed by atoms with Crippen LogP contribution in [0.1, 0.15) is 75.4 Å². The quantitative estimate of drug-likeness (QED) is 0.0104. The fraction of sp³-hybridized carbons (Fsp3) is 0.224. The highest BCUT2D eigenvalue weighted by atomic mass is 19.4. The van der Waals surface area contributed by atoms with Gasteiger partial charge in [-0.05, 0) is 127 Å². The maximum absolute atomic E-state index is 13.4. The van der Waals surface area contributed by atoms with Gasteiger partial charge in [-0.15, -0.1) is 0 Å². The van der Waals surface area contributed by atoms with Crippen molar-refractivity contribution in [3.8, 4) is 23.0 Å². The van der Waals surface area contributed by atoms with Gasteiger partial charge in [0, 0.05) is 30.6 Å². The highest BCUT2D eigenvalue weighted by Crippen LogP contribution is 2.36. The number of hydrogen-bond acceptors (Lipinski definition) is 12. The van der Waals surface area contributed by atoms with Crippen LogP contribution in [0.25, 0.3) is 12.2 Å². The summed E-state index contributed by atoms with van der Waals surface area (Å²) in [5.41, 5.74) is 13.5. The van der Waals surface area contributed by atoms with Gasteiger partial charge in [-0.25, -0.2) is 9.59 Å². The first-order chi connectivity index (χ1) is 31.6. The van der Waals surface area contributed by atoms with E-state index in [1.165, 1.54) is 115 Å². The predicted octanol–water partition coefficient (Wildman–Crippen LogP) is 9.45. The number of rotatable bonds is 21. The molecule has 0 radical (unpaired) electrons. The summed E-state index contributed by atoms with van der Waals surface area (Å²) < 4.78 is 95.4. The van der Waals surface area contributed by atoms with Crippen molar-refractivity contribution in [1.29, 1.82) is 0 Å². The summed E-state index contributed by atoms with van der Waals surface area (Å²) in [7, 11) is 0. The normalized spacial score (nSPS) is 12.5. The lowest BCUT2D eigenvalue weighted by Crippen LogP contribution is -2.44. The number of carbonyl (C=O) groups excluding carboxylic acids is 4. The third kappa shape index (κ3) is 16.2. The van der Waals surface area contributed by atoms with Crippen molar-refractivity contribution in [3.05, 3.63) is 155 Å². The number of aliphatic hydroxyl groups is 2. The average Bonchev–Trinajstić information content (AvgIpc) is 3.27. The summed E-state index contributed by atoms with van der Waals surface area (Å²) in [5.74, 6) is -7.14. The zero-order chi connectivity index (χ0) is 48.8.